The molecule has 5 heteroatoms. The second kappa shape index (κ2) is 6.22. The molecule has 0 radical (unpaired) electrons. The Balaban J connectivity index is 2.80. The fourth-order valence-corrected chi connectivity index (χ4v) is 1.35. The van der Waals surface area contributed by atoms with E-state index in [9.17, 15) is 9.90 Å². The van der Waals surface area contributed by atoms with Gasteiger partial charge in [0.1, 0.15) is 0 Å². The van der Waals surface area contributed by atoms with Gasteiger partial charge in [-0.2, -0.15) is 0 Å². The highest BCUT2D eigenvalue weighted by molar-refractivity contribution is 5.90. The largest absolute Gasteiger partial charge is 0.465 e. The molecule has 0 bridgehead atoms. The van der Waals surface area contributed by atoms with Crippen LogP contribution in [0.5, 0.6) is 0 Å². The van der Waals surface area contributed by atoms with Crippen LogP contribution in [0.3, 0.4) is 0 Å². The second-order valence-corrected chi connectivity index (χ2v) is 3.74. The van der Waals surface area contributed by atoms with Crippen molar-refractivity contribution in [3.8, 4) is 0 Å². The van der Waals surface area contributed by atoms with Gasteiger partial charge in [-0.1, -0.05) is 6.07 Å². The highest BCUT2D eigenvalue weighted by Crippen LogP contribution is 2.17. The zero-order valence-electron chi connectivity index (χ0n) is 9.93. The Morgan fingerprint density at radius 1 is 1.53 bits per heavy atom. The van der Waals surface area contributed by atoms with Crippen molar-refractivity contribution in [2.24, 2.45) is 0 Å². The monoisotopic (exact) mass is 239 g/mol. The zero-order chi connectivity index (χ0) is 12.8. The van der Waals surface area contributed by atoms with E-state index in [1.54, 1.807) is 18.2 Å². The fraction of sp³-hybridized carbons (Fsp3) is 0.417. The second-order valence-electron chi connectivity index (χ2n) is 3.74. The van der Waals surface area contributed by atoms with Gasteiger partial charge in [-0.25, -0.2) is 4.79 Å². The van der Waals surface area contributed by atoms with Gasteiger partial charge in [0, 0.05) is 12.2 Å². The molecular weight excluding hydrogens is 222 g/mol. The number of esters is 1. The number of ether oxygens (including phenoxy) is 1. The Labute approximate surface area is 100 Å². The van der Waals surface area contributed by atoms with Crippen molar-refractivity contribution in [3.05, 3.63) is 29.3 Å². The van der Waals surface area contributed by atoms with E-state index >= 15 is 0 Å². The molecule has 1 unspecified atom stereocenters. The summed E-state index contributed by atoms with van der Waals surface area (Å²) in [5, 5.41) is 20.9. The molecule has 3 N–H and O–H groups in total. The van der Waals surface area contributed by atoms with Gasteiger partial charge in [0.05, 0.1) is 25.4 Å². The molecule has 94 valence electrons. The molecule has 17 heavy (non-hydrogen) atoms. The third-order valence-electron chi connectivity index (χ3n) is 2.40. The van der Waals surface area contributed by atoms with Gasteiger partial charge in [-0.05, 0) is 24.6 Å². The van der Waals surface area contributed by atoms with E-state index in [2.05, 4.69) is 10.1 Å². The van der Waals surface area contributed by atoms with Crippen LogP contribution in [0.25, 0.3) is 0 Å². The average molecular weight is 239 g/mol. The minimum absolute atomic E-state index is 0.224. The molecule has 0 aliphatic rings. The van der Waals surface area contributed by atoms with Gasteiger partial charge in [0.25, 0.3) is 0 Å². The first-order chi connectivity index (χ1) is 8.08. The summed E-state index contributed by atoms with van der Waals surface area (Å²) in [7, 11) is 1.32. The summed E-state index contributed by atoms with van der Waals surface area (Å²) < 4.78 is 4.62. The normalized spacial score (nSPS) is 12.0. The van der Waals surface area contributed by atoms with Crippen molar-refractivity contribution in [1.29, 1.82) is 0 Å². The number of hydrogen-bond donors (Lipinski definition) is 3. The molecule has 1 aromatic carbocycles. The SMILES string of the molecule is COC(=O)c1ccc(C)c(NCC(O)CO)c1. The summed E-state index contributed by atoms with van der Waals surface area (Å²) in [6.07, 6.45) is -0.823. The Morgan fingerprint density at radius 2 is 2.24 bits per heavy atom. The lowest BCUT2D eigenvalue weighted by Crippen LogP contribution is -2.23. The topological polar surface area (TPSA) is 78.8 Å². The number of methoxy groups -OCH3 is 1. The number of carbonyl (C=O) groups is 1. The molecular formula is C12H17NO4. The smallest absolute Gasteiger partial charge is 0.337 e. The number of aliphatic hydroxyl groups is 2. The van der Waals surface area contributed by atoms with Gasteiger partial charge in [-0.3, -0.25) is 0 Å². The Kier molecular flexibility index (Phi) is 4.93. The number of carbonyl (C=O) groups excluding carboxylic acids is 1. The molecule has 1 aromatic rings. The van der Waals surface area contributed by atoms with Crippen LogP contribution in [0.15, 0.2) is 18.2 Å². The van der Waals surface area contributed by atoms with Crippen LogP contribution in [0.1, 0.15) is 15.9 Å². The van der Waals surface area contributed by atoms with Crippen molar-refractivity contribution in [2.45, 2.75) is 13.0 Å². The predicted octanol–water partition coefficient (Wildman–Crippen LogP) is 0.547. The molecule has 0 aliphatic carbocycles. The molecule has 0 heterocycles. The van der Waals surface area contributed by atoms with Crippen molar-refractivity contribution < 1.29 is 19.7 Å². The third kappa shape index (κ3) is 3.72. The Morgan fingerprint density at radius 3 is 2.82 bits per heavy atom. The summed E-state index contributed by atoms with van der Waals surface area (Å²) in [5.41, 5.74) is 2.13. The van der Waals surface area contributed by atoms with E-state index in [-0.39, 0.29) is 13.2 Å². The lowest BCUT2D eigenvalue weighted by atomic mass is 10.1. The first-order valence-electron chi connectivity index (χ1n) is 5.30. The van der Waals surface area contributed by atoms with E-state index in [4.69, 9.17) is 5.11 Å². The van der Waals surface area contributed by atoms with Crippen LogP contribution in [-0.4, -0.2) is 42.5 Å². The van der Waals surface area contributed by atoms with Crippen molar-refractivity contribution in [3.63, 3.8) is 0 Å². The van der Waals surface area contributed by atoms with E-state index in [0.29, 0.717) is 5.56 Å². The average Bonchev–Trinajstić information content (AvgIpc) is 2.36. The van der Waals surface area contributed by atoms with E-state index in [1.165, 1.54) is 7.11 Å². The summed E-state index contributed by atoms with van der Waals surface area (Å²) in [5.74, 6) is -0.407. The maximum Gasteiger partial charge on any atom is 0.337 e. The Hall–Kier alpha value is -1.59. The summed E-state index contributed by atoms with van der Waals surface area (Å²) in [6, 6.07) is 5.12. The summed E-state index contributed by atoms with van der Waals surface area (Å²) in [4.78, 5) is 11.3. The number of aryl methyl sites for hydroxylation is 1. The van der Waals surface area contributed by atoms with Crippen LogP contribution >= 0.6 is 0 Å². The van der Waals surface area contributed by atoms with Crippen LogP contribution in [0.2, 0.25) is 0 Å². The van der Waals surface area contributed by atoms with Crippen LogP contribution in [0, 0.1) is 6.92 Å². The maximum atomic E-state index is 11.3. The lowest BCUT2D eigenvalue weighted by molar-refractivity contribution is 0.0601. The molecule has 1 rings (SSSR count). The first-order valence-corrected chi connectivity index (χ1v) is 5.30. The zero-order valence-corrected chi connectivity index (χ0v) is 9.93. The number of nitrogens with one attached hydrogen (secondary N) is 1. The van der Waals surface area contributed by atoms with Crippen LogP contribution < -0.4 is 5.32 Å². The number of rotatable bonds is 5. The van der Waals surface area contributed by atoms with Gasteiger partial charge < -0.3 is 20.3 Å². The van der Waals surface area contributed by atoms with Crippen LogP contribution in [0.4, 0.5) is 5.69 Å². The number of hydrogen-bond acceptors (Lipinski definition) is 5. The lowest BCUT2D eigenvalue weighted by Gasteiger charge is -2.13. The number of anilines is 1. The molecule has 5 nitrogen and oxygen atoms in total. The van der Waals surface area contributed by atoms with Gasteiger partial charge in [-0.15, -0.1) is 0 Å². The quantitative estimate of drug-likeness (QED) is 0.654. The highest BCUT2D eigenvalue weighted by atomic mass is 16.5. The van der Waals surface area contributed by atoms with E-state index < -0.39 is 12.1 Å². The fourth-order valence-electron chi connectivity index (χ4n) is 1.35. The van der Waals surface area contributed by atoms with Crippen molar-refractivity contribution >= 4 is 11.7 Å². The standard InChI is InChI=1S/C12H17NO4/c1-8-3-4-9(12(16)17-2)5-11(8)13-6-10(15)7-14/h3-5,10,13-15H,6-7H2,1-2H3. The molecule has 0 aromatic heterocycles. The number of benzene rings is 1. The van der Waals surface area contributed by atoms with E-state index in [0.717, 1.165) is 11.3 Å². The van der Waals surface area contributed by atoms with Gasteiger partial charge in [0.2, 0.25) is 0 Å². The van der Waals surface area contributed by atoms with Crippen molar-refractivity contribution in [2.75, 3.05) is 25.6 Å². The molecule has 0 spiro atoms. The molecule has 0 saturated carbocycles. The van der Waals surface area contributed by atoms with Gasteiger partial charge in [0.15, 0.2) is 0 Å². The minimum atomic E-state index is -0.823. The first kappa shape index (κ1) is 13.5. The predicted molar refractivity (Wildman–Crippen MR) is 64.1 cm³/mol. The summed E-state index contributed by atoms with van der Waals surface area (Å²) in [6.45, 7) is 1.80. The van der Waals surface area contributed by atoms with Gasteiger partial charge >= 0.3 is 5.97 Å². The van der Waals surface area contributed by atoms with Crippen molar-refractivity contribution in [1.82, 2.24) is 0 Å². The third-order valence-corrected chi connectivity index (χ3v) is 2.40. The highest BCUT2D eigenvalue weighted by Gasteiger charge is 2.09. The molecule has 0 fully saturated rings. The summed E-state index contributed by atoms with van der Waals surface area (Å²) >= 11 is 0. The maximum absolute atomic E-state index is 11.3. The minimum Gasteiger partial charge on any atom is -0.465 e. The van der Waals surface area contributed by atoms with Crippen LogP contribution in [-0.2, 0) is 4.74 Å². The Bertz CT molecular complexity index is 392. The number of aliphatic hydroxyl groups excluding tert-OH is 2. The molecule has 1 atom stereocenters. The van der Waals surface area contributed by atoms with E-state index in [1.807, 2.05) is 6.92 Å². The molecule has 0 amide bonds. The molecule has 0 saturated heterocycles. The molecule has 0 aliphatic heterocycles.